The number of para-hydroxylation sites is 2. The predicted molar refractivity (Wildman–Crippen MR) is 104 cm³/mol. The summed E-state index contributed by atoms with van der Waals surface area (Å²) >= 11 is 0. The highest BCUT2D eigenvalue weighted by atomic mass is 32.2. The standard InChI is InChI=1S/C19H15N5S/c1-3-9-15-13(7-1)17(22-19(20-15)25-11-5-6-12-25)21-18-14-8-2-4-10-16(14)23-24-18/h1-12,25H,(H2,20,21,22,23,24). The quantitative estimate of drug-likeness (QED) is 0.373. The van der Waals surface area contributed by atoms with Gasteiger partial charge in [-0.25, -0.2) is 9.97 Å². The summed E-state index contributed by atoms with van der Waals surface area (Å²) in [5.74, 6) is 1.56. The highest BCUT2D eigenvalue weighted by Gasteiger charge is 2.14. The van der Waals surface area contributed by atoms with Crippen LogP contribution in [0, 0.1) is 0 Å². The van der Waals surface area contributed by atoms with Crippen molar-refractivity contribution in [2.24, 2.45) is 0 Å². The summed E-state index contributed by atoms with van der Waals surface area (Å²) in [6.07, 6.45) is 4.11. The van der Waals surface area contributed by atoms with E-state index in [0.29, 0.717) is 0 Å². The number of aromatic nitrogens is 4. The van der Waals surface area contributed by atoms with E-state index in [2.05, 4.69) is 38.5 Å². The number of fused-ring (bicyclic) bond motifs is 2. The third-order valence-electron chi connectivity index (χ3n) is 4.13. The molecule has 25 heavy (non-hydrogen) atoms. The lowest BCUT2D eigenvalue weighted by atomic mass is 10.2. The molecular weight excluding hydrogens is 330 g/mol. The zero-order valence-electron chi connectivity index (χ0n) is 13.2. The Morgan fingerprint density at radius 1 is 0.800 bits per heavy atom. The monoisotopic (exact) mass is 345 g/mol. The number of anilines is 2. The number of nitrogens with one attached hydrogen (secondary N) is 2. The fourth-order valence-corrected chi connectivity index (χ4v) is 4.29. The molecule has 0 unspecified atom stereocenters. The molecule has 1 aliphatic rings. The van der Waals surface area contributed by atoms with Gasteiger partial charge in [-0.15, -0.1) is 0 Å². The summed E-state index contributed by atoms with van der Waals surface area (Å²) < 4.78 is 0. The van der Waals surface area contributed by atoms with Crippen LogP contribution in [-0.4, -0.2) is 20.2 Å². The van der Waals surface area contributed by atoms with Gasteiger partial charge in [0, 0.05) is 10.8 Å². The number of aromatic amines is 1. The number of H-pyrrole nitrogens is 1. The molecule has 0 saturated carbocycles. The third-order valence-corrected chi connectivity index (χ3v) is 5.78. The highest BCUT2D eigenvalue weighted by Crippen LogP contribution is 2.41. The molecule has 0 aliphatic carbocycles. The van der Waals surface area contributed by atoms with E-state index in [1.165, 1.54) is 0 Å². The number of rotatable bonds is 3. The molecule has 0 amide bonds. The van der Waals surface area contributed by atoms with Crippen molar-refractivity contribution >= 4 is 44.3 Å². The number of allylic oxidation sites excluding steroid dienone is 2. The van der Waals surface area contributed by atoms with Crippen molar-refractivity contribution in [2.45, 2.75) is 5.16 Å². The molecule has 0 spiro atoms. The van der Waals surface area contributed by atoms with Gasteiger partial charge in [-0.3, -0.25) is 5.10 Å². The highest BCUT2D eigenvalue weighted by molar-refractivity contribution is 8.22. The van der Waals surface area contributed by atoms with Crippen LogP contribution in [0.1, 0.15) is 0 Å². The molecular formula is C19H15N5S. The van der Waals surface area contributed by atoms with E-state index >= 15 is 0 Å². The number of benzene rings is 2. The number of hydrogen-bond donors (Lipinski definition) is 3. The molecule has 4 aromatic rings. The third kappa shape index (κ3) is 2.47. The van der Waals surface area contributed by atoms with Gasteiger partial charge >= 0.3 is 0 Å². The lowest BCUT2D eigenvalue weighted by Gasteiger charge is -2.13. The average Bonchev–Trinajstić information content (AvgIpc) is 3.32. The zero-order valence-corrected chi connectivity index (χ0v) is 14.1. The largest absolute Gasteiger partial charge is 0.322 e. The second kappa shape index (κ2) is 5.75. The van der Waals surface area contributed by atoms with E-state index in [-0.39, 0.29) is 0 Å². The fourth-order valence-electron chi connectivity index (χ4n) is 2.91. The van der Waals surface area contributed by atoms with Crippen LogP contribution in [-0.2, 0) is 0 Å². The molecule has 5 rings (SSSR count). The maximum absolute atomic E-state index is 4.81. The first-order chi connectivity index (χ1) is 12.4. The summed E-state index contributed by atoms with van der Waals surface area (Å²) in [6, 6.07) is 16.1. The van der Waals surface area contributed by atoms with Gasteiger partial charge in [0.15, 0.2) is 11.0 Å². The average molecular weight is 345 g/mol. The van der Waals surface area contributed by atoms with Gasteiger partial charge in [-0.05, 0) is 35.1 Å². The molecule has 0 bridgehead atoms. The van der Waals surface area contributed by atoms with Crippen LogP contribution in [0.25, 0.3) is 21.8 Å². The maximum Gasteiger partial charge on any atom is 0.177 e. The van der Waals surface area contributed by atoms with Crippen molar-refractivity contribution in [1.29, 1.82) is 0 Å². The minimum Gasteiger partial charge on any atom is -0.322 e. The van der Waals surface area contributed by atoms with Crippen molar-refractivity contribution < 1.29 is 0 Å². The summed E-state index contributed by atoms with van der Waals surface area (Å²) in [4.78, 5) is 9.57. The molecule has 2 N–H and O–H groups in total. The van der Waals surface area contributed by atoms with Crippen molar-refractivity contribution in [3.63, 3.8) is 0 Å². The van der Waals surface area contributed by atoms with Gasteiger partial charge in [0.25, 0.3) is 0 Å². The fraction of sp³-hybridized carbons (Fsp3) is 0. The van der Waals surface area contributed by atoms with Crippen LogP contribution in [0.5, 0.6) is 0 Å². The van der Waals surface area contributed by atoms with Crippen LogP contribution in [0.3, 0.4) is 0 Å². The van der Waals surface area contributed by atoms with Gasteiger partial charge in [0.2, 0.25) is 0 Å². The van der Waals surface area contributed by atoms with Crippen molar-refractivity contribution in [3.8, 4) is 0 Å². The maximum atomic E-state index is 4.81. The molecule has 0 saturated heterocycles. The van der Waals surface area contributed by atoms with Gasteiger partial charge < -0.3 is 5.32 Å². The Bertz CT molecular complexity index is 1130. The van der Waals surface area contributed by atoms with Crippen LogP contribution < -0.4 is 5.32 Å². The first kappa shape index (κ1) is 14.2. The minimum absolute atomic E-state index is 0.579. The lowest BCUT2D eigenvalue weighted by molar-refractivity contribution is 1.00. The SMILES string of the molecule is C1=C[SH](c2nc(Nc3n[nH]c4ccccc34)c3ccccc3n2)C=C1. The van der Waals surface area contributed by atoms with E-state index in [1.54, 1.807) is 0 Å². The Hall–Kier alpha value is -3.12. The summed E-state index contributed by atoms with van der Waals surface area (Å²) in [7, 11) is -0.579. The summed E-state index contributed by atoms with van der Waals surface area (Å²) in [5, 5.41) is 18.1. The van der Waals surface area contributed by atoms with E-state index in [4.69, 9.17) is 9.97 Å². The first-order valence-corrected chi connectivity index (χ1v) is 9.47. The Labute approximate surface area is 146 Å². The molecule has 0 fully saturated rings. The van der Waals surface area contributed by atoms with Crippen LogP contribution >= 0.6 is 10.9 Å². The number of nitrogens with zero attached hydrogens (tertiary/aromatic N) is 3. The van der Waals surface area contributed by atoms with Gasteiger partial charge in [-0.2, -0.15) is 16.0 Å². The smallest absolute Gasteiger partial charge is 0.177 e. The Morgan fingerprint density at radius 2 is 1.56 bits per heavy atom. The molecule has 0 radical (unpaired) electrons. The molecule has 3 heterocycles. The second-order valence-electron chi connectivity index (χ2n) is 5.72. The lowest BCUT2D eigenvalue weighted by Crippen LogP contribution is -2.00. The number of thiol groups is 1. The van der Waals surface area contributed by atoms with Crippen molar-refractivity contribution in [2.75, 3.05) is 5.32 Å². The molecule has 0 atom stereocenters. The minimum atomic E-state index is -0.579. The van der Waals surface area contributed by atoms with Gasteiger partial charge in [-0.1, -0.05) is 36.4 Å². The molecule has 122 valence electrons. The van der Waals surface area contributed by atoms with Crippen LogP contribution in [0.2, 0.25) is 0 Å². The second-order valence-corrected chi connectivity index (χ2v) is 7.53. The topological polar surface area (TPSA) is 66.5 Å². The van der Waals surface area contributed by atoms with E-state index in [9.17, 15) is 0 Å². The first-order valence-electron chi connectivity index (χ1n) is 7.99. The Kier molecular flexibility index (Phi) is 3.28. The molecule has 6 heteroatoms. The van der Waals surface area contributed by atoms with Crippen molar-refractivity contribution in [3.05, 3.63) is 71.5 Å². The summed E-state index contributed by atoms with van der Waals surface area (Å²) in [6.45, 7) is 0. The predicted octanol–water partition coefficient (Wildman–Crippen LogP) is 4.65. The van der Waals surface area contributed by atoms with Crippen molar-refractivity contribution in [1.82, 2.24) is 20.2 Å². The molecule has 5 nitrogen and oxygen atoms in total. The Morgan fingerprint density at radius 3 is 2.44 bits per heavy atom. The molecule has 1 aliphatic heterocycles. The molecule has 2 aromatic carbocycles. The Balaban J connectivity index is 1.66. The summed E-state index contributed by atoms with van der Waals surface area (Å²) in [5.41, 5.74) is 1.93. The number of hydrogen-bond acceptors (Lipinski definition) is 4. The zero-order chi connectivity index (χ0) is 16.6. The van der Waals surface area contributed by atoms with E-state index < -0.39 is 10.9 Å². The van der Waals surface area contributed by atoms with Gasteiger partial charge in [0.05, 0.1) is 11.0 Å². The van der Waals surface area contributed by atoms with Crippen LogP contribution in [0.4, 0.5) is 11.6 Å². The van der Waals surface area contributed by atoms with Gasteiger partial charge in [0.1, 0.15) is 5.82 Å². The molecule has 2 aromatic heterocycles. The normalized spacial score (nSPS) is 14.6. The van der Waals surface area contributed by atoms with E-state index in [1.807, 2.05) is 48.5 Å². The van der Waals surface area contributed by atoms with E-state index in [0.717, 1.165) is 38.6 Å². The van der Waals surface area contributed by atoms with Crippen LogP contribution in [0.15, 0.2) is 76.7 Å².